The summed E-state index contributed by atoms with van der Waals surface area (Å²) >= 11 is 3.31. The molecule has 0 radical (unpaired) electrons. The number of nitrogens with one attached hydrogen (secondary N) is 1. The maximum Gasteiger partial charge on any atom is 0.224 e. The second-order valence-corrected chi connectivity index (χ2v) is 8.82. The smallest absolute Gasteiger partial charge is 0.224 e. The first-order chi connectivity index (χ1) is 14.6. The van der Waals surface area contributed by atoms with Crippen LogP contribution in [0.4, 0.5) is 11.4 Å². The van der Waals surface area contributed by atoms with Crippen molar-refractivity contribution in [3.63, 3.8) is 0 Å². The monoisotopic (exact) mass is 438 g/mol. The average Bonchev–Trinajstić information content (AvgIpc) is 3.49. The van der Waals surface area contributed by atoms with Crippen molar-refractivity contribution in [2.24, 2.45) is 0 Å². The fraction of sp³-hybridized carbons (Fsp3) is 0.238. The number of benzene rings is 1. The van der Waals surface area contributed by atoms with Crippen LogP contribution in [0.25, 0.3) is 10.4 Å². The Kier molecular flexibility index (Phi) is 6.20. The van der Waals surface area contributed by atoms with Crippen LogP contribution < -0.4 is 11.1 Å². The minimum absolute atomic E-state index is 0.0992. The van der Waals surface area contributed by atoms with Crippen LogP contribution in [0, 0.1) is 6.92 Å². The number of nitrogens with two attached hydrogens (primary N) is 1. The zero-order chi connectivity index (χ0) is 20.9. The number of nitrogens with zero attached hydrogens (tertiary/aromatic N) is 4. The lowest BCUT2D eigenvalue weighted by Crippen LogP contribution is -2.13. The summed E-state index contributed by atoms with van der Waals surface area (Å²) in [5.41, 5.74) is 10.1. The largest absolute Gasteiger partial charge is 0.397 e. The maximum absolute atomic E-state index is 12.4. The van der Waals surface area contributed by atoms with Crippen LogP contribution in [-0.4, -0.2) is 25.9 Å². The van der Waals surface area contributed by atoms with E-state index in [-0.39, 0.29) is 5.91 Å². The van der Waals surface area contributed by atoms with Gasteiger partial charge < -0.3 is 11.1 Å². The van der Waals surface area contributed by atoms with Crippen LogP contribution in [0.5, 0.6) is 0 Å². The minimum Gasteiger partial charge on any atom is -0.397 e. The summed E-state index contributed by atoms with van der Waals surface area (Å²) in [7, 11) is 0. The summed E-state index contributed by atoms with van der Waals surface area (Å²) in [5.74, 6) is -0.0992. The molecule has 9 heteroatoms. The van der Waals surface area contributed by atoms with E-state index in [2.05, 4.69) is 20.6 Å². The molecule has 4 rings (SSSR count). The maximum atomic E-state index is 12.4. The highest BCUT2D eigenvalue weighted by molar-refractivity contribution is 7.13. The molecular formula is C21H22N6OS2. The van der Waals surface area contributed by atoms with Crippen LogP contribution in [0.1, 0.15) is 22.8 Å². The van der Waals surface area contributed by atoms with Gasteiger partial charge in [-0.25, -0.2) is 4.98 Å². The number of amides is 1. The lowest BCUT2D eigenvalue weighted by molar-refractivity contribution is -0.116. The molecule has 7 nitrogen and oxygen atoms in total. The zero-order valence-electron chi connectivity index (χ0n) is 16.5. The van der Waals surface area contributed by atoms with Crippen molar-refractivity contribution in [1.82, 2.24) is 20.0 Å². The first kappa shape index (κ1) is 20.2. The number of thiophene rings is 1. The number of nitrogen functional groups attached to an aromatic ring is 1. The van der Waals surface area contributed by atoms with Crippen molar-refractivity contribution in [2.75, 3.05) is 11.1 Å². The Morgan fingerprint density at radius 3 is 2.90 bits per heavy atom. The van der Waals surface area contributed by atoms with Crippen molar-refractivity contribution >= 4 is 40.0 Å². The molecule has 30 heavy (non-hydrogen) atoms. The van der Waals surface area contributed by atoms with E-state index in [1.54, 1.807) is 27.4 Å². The van der Waals surface area contributed by atoms with Crippen LogP contribution in [0.2, 0.25) is 0 Å². The second kappa shape index (κ2) is 9.19. The van der Waals surface area contributed by atoms with Gasteiger partial charge in [0.15, 0.2) is 0 Å². The van der Waals surface area contributed by atoms with Crippen LogP contribution >= 0.6 is 22.7 Å². The molecule has 0 aliphatic heterocycles. The Balaban J connectivity index is 1.30. The van der Waals surface area contributed by atoms with Gasteiger partial charge in [-0.1, -0.05) is 17.3 Å². The van der Waals surface area contributed by atoms with Crippen molar-refractivity contribution in [2.45, 2.75) is 32.7 Å². The van der Waals surface area contributed by atoms with Crippen molar-refractivity contribution in [1.29, 1.82) is 0 Å². The molecule has 0 aliphatic rings. The molecule has 1 amide bonds. The van der Waals surface area contributed by atoms with Gasteiger partial charge in [0.2, 0.25) is 5.91 Å². The molecule has 0 aliphatic carbocycles. The third kappa shape index (κ3) is 5.11. The van der Waals surface area contributed by atoms with Crippen LogP contribution in [-0.2, 0) is 24.2 Å². The van der Waals surface area contributed by atoms with E-state index < -0.39 is 0 Å². The number of thiazole rings is 1. The van der Waals surface area contributed by atoms with Gasteiger partial charge in [0, 0.05) is 48.0 Å². The third-order valence-corrected chi connectivity index (χ3v) is 6.49. The number of hydrogen-bond acceptors (Lipinski definition) is 7. The summed E-state index contributed by atoms with van der Waals surface area (Å²) in [5, 5.41) is 16.4. The lowest BCUT2D eigenvalue weighted by Gasteiger charge is -2.09. The topological polar surface area (TPSA) is 98.7 Å². The van der Waals surface area contributed by atoms with E-state index in [0.717, 1.165) is 39.8 Å². The number of aryl methyl sites for hydroxylation is 4. The molecule has 4 aromatic rings. The minimum atomic E-state index is -0.0992. The molecule has 0 atom stereocenters. The molecule has 0 bridgehead atoms. The Bertz CT molecular complexity index is 1130. The Hall–Kier alpha value is -3.04. The molecule has 0 saturated heterocycles. The fourth-order valence-electron chi connectivity index (χ4n) is 3.01. The van der Waals surface area contributed by atoms with Gasteiger partial charge in [-0.05, 0) is 36.1 Å². The van der Waals surface area contributed by atoms with E-state index in [1.165, 1.54) is 0 Å². The number of carbonyl (C=O) groups excluding carboxylic acids is 1. The standard InChI is InChI=1S/C21H22N6OS2/c1-14-13-30-21(23-14)8-9-27-12-16(25-26-27)5-7-20(28)24-18-11-15(4-6-17(18)22)19-3-2-10-29-19/h2-4,6,10-13H,5,7-9,22H2,1H3,(H,24,28). The van der Waals surface area contributed by atoms with Gasteiger partial charge in [-0.15, -0.1) is 27.8 Å². The number of hydrogen-bond donors (Lipinski definition) is 2. The Morgan fingerprint density at radius 2 is 2.13 bits per heavy atom. The van der Waals surface area contributed by atoms with E-state index in [0.29, 0.717) is 24.2 Å². The van der Waals surface area contributed by atoms with Crippen LogP contribution in [0.15, 0.2) is 47.3 Å². The number of anilines is 2. The molecular weight excluding hydrogens is 416 g/mol. The fourth-order valence-corrected chi connectivity index (χ4v) is 4.49. The molecule has 154 valence electrons. The highest BCUT2D eigenvalue weighted by Crippen LogP contribution is 2.30. The van der Waals surface area contributed by atoms with Gasteiger partial charge in [-0.3, -0.25) is 9.48 Å². The van der Waals surface area contributed by atoms with Gasteiger partial charge in [0.05, 0.1) is 22.1 Å². The van der Waals surface area contributed by atoms with Crippen LogP contribution in [0.3, 0.4) is 0 Å². The van der Waals surface area contributed by atoms with Crippen molar-refractivity contribution in [3.8, 4) is 10.4 Å². The summed E-state index contributed by atoms with van der Waals surface area (Å²) in [6.45, 7) is 2.71. The van der Waals surface area contributed by atoms with E-state index in [4.69, 9.17) is 5.73 Å². The number of carbonyl (C=O) groups is 1. The highest BCUT2D eigenvalue weighted by Gasteiger charge is 2.10. The molecule has 1 aromatic carbocycles. The van der Waals surface area contributed by atoms with E-state index in [9.17, 15) is 4.79 Å². The number of aromatic nitrogens is 4. The molecule has 0 unspecified atom stereocenters. The Labute approximate surface area is 182 Å². The zero-order valence-corrected chi connectivity index (χ0v) is 18.2. The molecule has 0 spiro atoms. The van der Waals surface area contributed by atoms with E-state index >= 15 is 0 Å². The highest BCUT2D eigenvalue weighted by atomic mass is 32.1. The lowest BCUT2D eigenvalue weighted by atomic mass is 10.1. The normalized spacial score (nSPS) is 11.0. The molecule has 3 heterocycles. The molecule has 3 N–H and O–H groups in total. The second-order valence-electron chi connectivity index (χ2n) is 6.93. The predicted molar refractivity (Wildman–Crippen MR) is 122 cm³/mol. The summed E-state index contributed by atoms with van der Waals surface area (Å²) in [6.07, 6.45) is 3.54. The average molecular weight is 439 g/mol. The number of rotatable bonds is 8. The first-order valence-electron chi connectivity index (χ1n) is 9.60. The van der Waals surface area contributed by atoms with Gasteiger partial charge in [-0.2, -0.15) is 0 Å². The molecule has 0 saturated carbocycles. The third-order valence-electron chi connectivity index (χ3n) is 4.55. The molecule has 3 aromatic heterocycles. The van der Waals surface area contributed by atoms with Crippen molar-refractivity contribution < 1.29 is 4.79 Å². The summed E-state index contributed by atoms with van der Waals surface area (Å²) in [4.78, 5) is 18.0. The van der Waals surface area contributed by atoms with Gasteiger partial charge in [0.25, 0.3) is 0 Å². The molecule has 0 fully saturated rings. The predicted octanol–water partition coefficient (Wildman–Crippen LogP) is 4.17. The summed E-state index contributed by atoms with van der Waals surface area (Å²) in [6, 6.07) is 9.73. The van der Waals surface area contributed by atoms with Crippen molar-refractivity contribution in [3.05, 3.63) is 63.7 Å². The van der Waals surface area contributed by atoms with Gasteiger partial charge >= 0.3 is 0 Å². The summed E-state index contributed by atoms with van der Waals surface area (Å²) < 4.78 is 1.80. The Morgan fingerprint density at radius 1 is 1.23 bits per heavy atom. The first-order valence-corrected chi connectivity index (χ1v) is 11.4. The quantitative estimate of drug-likeness (QED) is 0.402. The van der Waals surface area contributed by atoms with E-state index in [1.807, 2.05) is 54.2 Å². The SMILES string of the molecule is Cc1csc(CCn2cc(CCC(=O)Nc3cc(-c4cccs4)ccc3N)nn2)n1. The van der Waals surface area contributed by atoms with Gasteiger partial charge in [0.1, 0.15) is 0 Å².